The smallest absolute Gasteiger partial charge is 0.316 e. The van der Waals surface area contributed by atoms with Crippen LogP contribution in [0.15, 0.2) is 29.4 Å². The molecule has 6 heteroatoms. The number of carbonyl (C=O) groups excluding carboxylic acids is 1. The Hall–Kier alpha value is -1.82. The van der Waals surface area contributed by atoms with Gasteiger partial charge in [-0.15, -0.1) is 10.2 Å². The molecule has 21 heavy (non-hydrogen) atoms. The molecule has 0 radical (unpaired) electrons. The number of hydrogen-bond donors (Lipinski definition) is 0. The van der Waals surface area contributed by atoms with Gasteiger partial charge in [-0.1, -0.05) is 35.5 Å². The van der Waals surface area contributed by atoms with Crippen LogP contribution in [0.3, 0.4) is 0 Å². The van der Waals surface area contributed by atoms with Crippen LogP contribution in [0.4, 0.5) is 0 Å². The molecule has 0 saturated heterocycles. The third-order valence-corrected chi connectivity index (χ3v) is 3.87. The van der Waals surface area contributed by atoms with Gasteiger partial charge >= 0.3 is 5.97 Å². The van der Waals surface area contributed by atoms with Crippen LogP contribution in [0.2, 0.25) is 0 Å². The summed E-state index contributed by atoms with van der Waals surface area (Å²) in [5.74, 6) is 0.845. The Bertz CT molecular complexity index is 625. The molecule has 0 aliphatic heterocycles. The molecule has 0 spiro atoms. The highest BCUT2D eigenvalue weighted by Gasteiger charge is 2.14. The summed E-state index contributed by atoms with van der Waals surface area (Å²) < 4.78 is 6.94. The van der Waals surface area contributed by atoms with Gasteiger partial charge in [0.25, 0.3) is 0 Å². The van der Waals surface area contributed by atoms with Crippen molar-refractivity contribution in [1.29, 1.82) is 0 Å². The van der Waals surface area contributed by atoms with Gasteiger partial charge in [0, 0.05) is 12.1 Å². The van der Waals surface area contributed by atoms with Crippen LogP contribution < -0.4 is 0 Å². The summed E-state index contributed by atoms with van der Waals surface area (Å²) in [6.07, 6.45) is 0. The molecule has 112 valence electrons. The minimum atomic E-state index is -0.231. The average molecular weight is 305 g/mol. The van der Waals surface area contributed by atoms with E-state index in [1.807, 2.05) is 36.6 Å². The Balaban J connectivity index is 2.20. The van der Waals surface area contributed by atoms with E-state index in [4.69, 9.17) is 4.74 Å². The summed E-state index contributed by atoms with van der Waals surface area (Å²) in [5.41, 5.74) is 2.21. The lowest BCUT2D eigenvalue weighted by Gasteiger charge is -2.07. The first kappa shape index (κ1) is 15.6. The SMILES string of the molecule is CCOC(=O)CSc1nnc(-c2cccc(C)c2)n1CC. The number of hydrogen-bond acceptors (Lipinski definition) is 5. The second kappa shape index (κ2) is 7.26. The molecule has 0 saturated carbocycles. The highest BCUT2D eigenvalue weighted by molar-refractivity contribution is 7.99. The number of nitrogens with zero attached hydrogens (tertiary/aromatic N) is 3. The van der Waals surface area contributed by atoms with Crippen LogP contribution in [-0.2, 0) is 16.1 Å². The maximum atomic E-state index is 11.4. The molecule has 1 heterocycles. The molecule has 0 bridgehead atoms. The molecule has 2 aromatic rings. The summed E-state index contributed by atoms with van der Waals surface area (Å²) in [5, 5.41) is 9.19. The van der Waals surface area contributed by atoms with Gasteiger partial charge < -0.3 is 9.30 Å². The van der Waals surface area contributed by atoms with Gasteiger partial charge in [-0.3, -0.25) is 4.79 Å². The fourth-order valence-electron chi connectivity index (χ4n) is 2.00. The van der Waals surface area contributed by atoms with Crippen LogP contribution in [0.25, 0.3) is 11.4 Å². The molecule has 0 amide bonds. The zero-order chi connectivity index (χ0) is 15.2. The van der Waals surface area contributed by atoms with E-state index in [-0.39, 0.29) is 11.7 Å². The number of rotatable bonds is 6. The molecule has 1 aromatic carbocycles. The molecule has 5 nitrogen and oxygen atoms in total. The van der Waals surface area contributed by atoms with Crippen molar-refractivity contribution in [2.45, 2.75) is 32.5 Å². The van der Waals surface area contributed by atoms with Crippen molar-refractivity contribution >= 4 is 17.7 Å². The molecular weight excluding hydrogens is 286 g/mol. The minimum Gasteiger partial charge on any atom is -0.465 e. The Morgan fingerprint density at radius 2 is 2.14 bits per heavy atom. The van der Waals surface area contributed by atoms with E-state index in [9.17, 15) is 4.79 Å². The van der Waals surface area contributed by atoms with Gasteiger partial charge in [0.1, 0.15) is 0 Å². The standard InChI is InChI=1S/C15H19N3O2S/c1-4-18-14(12-8-6-7-11(3)9-12)16-17-15(18)21-10-13(19)20-5-2/h6-9H,4-5,10H2,1-3H3. The summed E-state index contributed by atoms with van der Waals surface area (Å²) in [7, 11) is 0. The predicted octanol–water partition coefficient (Wildman–Crippen LogP) is 2.93. The Morgan fingerprint density at radius 1 is 1.33 bits per heavy atom. The van der Waals surface area contributed by atoms with Crippen molar-refractivity contribution in [3.8, 4) is 11.4 Å². The van der Waals surface area contributed by atoms with Crippen molar-refractivity contribution in [2.75, 3.05) is 12.4 Å². The molecule has 0 aliphatic rings. The van der Waals surface area contributed by atoms with Crippen LogP contribution in [0, 0.1) is 6.92 Å². The van der Waals surface area contributed by atoms with E-state index < -0.39 is 0 Å². The van der Waals surface area contributed by atoms with E-state index in [1.54, 1.807) is 6.92 Å². The lowest BCUT2D eigenvalue weighted by atomic mass is 10.1. The van der Waals surface area contributed by atoms with Gasteiger partial charge in [-0.2, -0.15) is 0 Å². The molecule has 1 aromatic heterocycles. The molecular formula is C15H19N3O2S. The van der Waals surface area contributed by atoms with Crippen molar-refractivity contribution in [3.63, 3.8) is 0 Å². The van der Waals surface area contributed by atoms with Crippen molar-refractivity contribution in [2.24, 2.45) is 0 Å². The topological polar surface area (TPSA) is 57.0 Å². The van der Waals surface area contributed by atoms with Gasteiger partial charge in [-0.05, 0) is 26.8 Å². The fourth-order valence-corrected chi connectivity index (χ4v) is 2.80. The first-order valence-corrected chi connectivity index (χ1v) is 7.93. The number of ether oxygens (including phenoxy) is 1. The van der Waals surface area contributed by atoms with Crippen molar-refractivity contribution in [3.05, 3.63) is 29.8 Å². The van der Waals surface area contributed by atoms with Crippen molar-refractivity contribution in [1.82, 2.24) is 14.8 Å². The predicted molar refractivity (Wildman–Crippen MR) is 83.2 cm³/mol. The van der Waals surface area contributed by atoms with E-state index in [0.29, 0.717) is 6.61 Å². The fraction of sp³-hybridized carbons (Fsp3) is 0.400. The quantitative estimate of drug-likeness (QED) is 0.606. The second-order valence-corrected chi connectivity index (χ2v) is 5.46. The molecule has 0 N–H and O–H groups in total. The summed E-state index contributed by atoms with van der Waals surface area (Å²) >= 11 is 1.35. The first-order valence-electron chi connectivity index (χ1n) is 6.94. The molecule has 0 aliphatic carbocycles. The monoisotopic (exact) mass is 305 g/mol. The van der Waals surface area contributed by atoms with Crippen LogP contribution in [0.5, 0.6) is 0 Å². The summed E-state index contributed by atoms with van der Waals surface area (Å²) in [4.78, 5) is 11.4. The largest absolute Gasteiger partial charge is 0.465 e. The van der Waals surface area contributed by atoms with E-state index in [1.165, 1.54) is 17.3 Å². The third kappa shape index (κ3) is 3.85. The lowest BCUT2D eigenvalue weighted by Crippen LogP contribution is -2.08. The van der Waals surface area contributed by atoms with E-state index in [2.05, 4.69) is 16.3 Å². The highest BCUT2D eigenvalue weighted by atomic mass is 32.2. The maximum absolute atomic E-state index is 11.4. The number of benzene rings is 1. The Morgan fingerprint density at radius 3 is 2.81 bits per heavy atom. The third-order valence-electron chi connectivity index (χ3n) is 2.93. The number of thioether (sulfide) groups is 1. The van der Waals surface area contributed by atoms with Gasteiger partial charge in [-0.25, -0.2) is 0 Å². The summed E-state index contributed by atoms with van der Waals surface area (Å²) in [6.45, 7) is 7.03. The maximum Gasteiger partial charge on any atom is 0.316 e. The van der Waals surface area contributed by atoms with Crippen molar-refractivity contribution < 1.29 is 9.53 Å². The zero-order valence-electron chi connectivity index (χ0n) is 12.5. The van der Waals surface area contributed by atoms with Gasteiger partial charge in [0.15, 0.2) is 11.0 Å². The molecule has 0 atom stereocenters. The number of aromatic nitrogens is 3. The minimum absolute atomic E-state index is 0.231. The van der Waals surface area contributed by atoms with Crippen LogP contribution >= 0.6 is 11.8 Å². The summed E-state index contributed by atoms with van der Waals surface area (Å²) in [6, 6.07) is 8.15. The normalized spacial score (nSPS) is 10.6. The number of esters is 1. The second-order valence-electron chi connectivity index (χ2n) is 4.51. The van der Waals surface area contributed by atoms with E-state index in [0.717, 1.165) is 23.1 Å². The van der Waals surface area contributed by atoms with Crippen LogP contribution in [-0.4, -0.2) is 33.1 Å². The van der Waals surface area contributed by atoms with Gasteiger partial charge in [0.2, 0.25) is 0 Å². The number of aryl methyl sites for hydroxylation is 1. The van der Waals surface area contributed by atoms with E-state index >= 15 is 0 Å². The number of carbonyl (C=O) groups is 1. The van der Waals surface area contributed by atoms with Gasteiger partial charge in [0.05, 0.1) is 12.4 Å². The van der Waals surface area contributed by atoms with Crippen LogP contribution in [0.1, 0.15) is 19.4 Å². The molecule has 2 rings (SSSR count). The lowest BCUT2D eigenvalue weighted by molar-refractivity contribution is -0.139. The zero-order valence-corrected chi connectivity index (χ0v) is 13.3. The Kier molecular flexibility index (Phi) is 5.38. The Labute approximate surface area is 128 Å². The highest BCUT2D eigenvalue weighted by Crippen LogP contribution is 2.24. The molecule has 0 unspecified atom stereocenters. The average Bonchev–Trinajstić information content (AvgIpc) is 2.88. The molecule has 0 fully saturated rings. The first-order chi connectivity index (χ1) is 10.2.